The number of benzene rings is 3. The molecular formula is C30H24N6O3. The van der Waals surface area contributed by atoms with Crippen molar-refractivity contribution in [1.29, 1.82) is 0 Å². The number of fused-ring (bicyclic) bond motifs is 4. The Morgan fingerprint density at radius 1 is 0.795 bits per heavy atom. The van der Waals surface area contributed by atoms with Gasteiger partial charge in [0.05, 0.1) is 42.6 Å². The zero-order valence-electron chi connectivity index (χ0n) is 21.6. The molecular weight excluding hydrogens is 492 g/mol. The molecule has 0 radical (unpaired) electrons. The minimum absolute atomic E-state index is 0.240. The maximum Gasteiger partial charge on any atom is 0.230 e. The second kappa shape index (κ2) is 8.98. The zero-order chi connectivity index (χ0) is 26.5. The minimum Gasteiger partial charge on any atom is -0.497 e. The lowest BCUT2D eigenvalue weighted by Crippen LogP contribution is -2.16. The Hall–Kier alpha value is -5.18. The summed E-state index contributed by atoms with van der Waals surface area (Å²) in [5, 5.41) is 9.63. The van der Waals surface area contributed by atoms with Crippen LogP contribution in [0, 0.1) is 6.92 Å². The Morgan fingerprint density at radius 2 is 1.49 bits per heavy atom. The van der Waals surface area contributed by atoms with Crippen LogP contribution in [-0.2, 0) is 0 Å². The van der Waals surface area contributed by atoms with Gasteiger partial charge in [0.1, 0.15) is 17.8 Å². The minimum atomic E-state index is -0.240. The molecule has 0 fully saturated rings. The first kappa shape index (κ1) is 23.0. The highest BCUT2D eigenvalue weighted by molar-refractivity contribution is 5.69. The molecule has 3 aromatic carbocycles. The van der Waals surface area contributed by atoms with Gasteiger partial charge >= 0.3 is 0 Å². The number of para-hydroxylation sites is 1. The van der Waals surface area contributed by atoms with Crippen LogP contribution in [0.5, 0.6) is 23.3 Å². The maximum absolute atomic E-state index is 6.50. The van der Waals surface area contributed by atoms with Crippen molar-refractivity contribution < 1.29 is 14.2 Å². The number of hydrogen-bond donors (Lipinski definition) is 0. The van der Waals surface area contributed by atoms with Gasteiger partial charge in [0.2, 0.25) is 11.8 Å². The molecule has 4 heterocycles. The largest absolute Gasteiger partial charge is 0.497 e. The molecule has 9 heteroatoms. The topological polar surface area (TPSA) is 88.6 Å². The number of hydrogen-bond acceptors (Lipinski definition) is 7. The monoisotopic (exact) mass is 516 g/mol. The van der Waals surface area contributed by atoms with Gasteiger partial charge in [-0.05, 0) is 61.0 Å². The predicted molar refractivity (Wildman–Crippen MR) is 145 cm³/mol. The molecule has 0 N–H and O–H groups in total. The van der Waals surface area contributed by atoms with Crippen LogP contribution in [0.25, 0.3) is 22.7 Å². The lowest BCUT2D eigenvalue weighted by Gasteiger charge is -2.26. The van der Waals surface area contributed by atoms with E-state index in [0.717, 1.165) is 45.1 Å². The molecule has 0 amide bonds. The third-order valence-electron chi connectivity index (χ3n) is 7.02. The second-order valence-corrected chi connectivity index (χ2v) is 9.26. The molecule has 1 atom stereocenters. The van der Waals surface area contributed by atoms with Crippen molar-refractivity contribution in [2.75, 3.05) is 14.2 Å². The van der Waals surface area contributed by atoms with Crippen LogP contribution in [0.15, 0.2) is 85.2 Å². The zero-order valence-corrected chi connectivity index (χ0v) is 21.6. The second-order valence-electron chi connectivity index (χ2n) is 9.26. The average molecular weight is 517 g/mol. The van der Waals surface area contributed by atoms with Crippen LogP contribution in [0.1, 0.15) is 28.3 Å². The number of nitrogens with zero attached hydrogens (tertiary/aromatic N) is 6. The van der Waals surface area contributed by atoms with Gasteiger partial charge in [0, 0.05) is 5.56 Å². The Balaban J connectivity index is 1.45. The van der Waals surface area contributed by atoms with E-state index in [1.54, 1.807) is 25.1 Å². The Labute approximate surface area is 224 Å². The summed E-state index contributed by atoms with van der Waals surface area (Å²) in [6, 6.07) is 25.7. The van der Waals surface area contributed by atoms with E-state index in [2.05, 4.69) is 17.1 Å². The third kappa shape index (κ3) is 3.70. The molecule has 6 aromatic rings. The average Bonchev–Trinajstić information content (AvgIpc) is 3.58. The summed E-state index contributed by atoms with van der Waals surface area (Å²) in [4.78, 5) is 9.65. The van der Waals surface area contributed by atoms with E-state index >= 15 is 0 Å². The maximum atomic E-state index is 6.50. The molecule has 3 aromatic heterocycles. The van der Waals surface area contributed by atoms with Crippen molar-refractivity contribution in [1.82, 2.24) is 29.4 Å². The van der Waals surface area contributed by atoms with Crippen LogP contribution < -0.4 is 14.2 Å². The van der Waals surface area contributed by atoms with Gasteiger partial charge < -0.3 is 14.2 Å². The Morgan fingerprint density at radius 3 is 2.18 bits per heavy atom. The van der Waals surface area contributed by atoms with E-state index in [1.165, 1.54) is 0 Å². The van der Waals surface area contributed by atoms with Crippen molar-refractivity contribution in [2.45, 2.75) is 12.8 Å². The van der Waals surface area contributed by atoms with Crippen LogP contribution in [0.3, 0.4) is 0 Å². The Kier molecular flexibility index (Phi) is 5.29. The van der Waals surface area contributed by atoms with Crippen molar-refractivity contribution in [3.05, 3.63) is 108 Å². The first-order valence-corrected chi connectivity index (χ1v) is 12.5. The number of ether oxygens (including phenoxy) is 3. The first-order valence-electron chi connectivity index (χ1n) is 12.5. The molecule has 0 aliphatic carbocycles. The van der Waals surface area contributed by atoms with Gasteiger partial charge in [-0.25, -0.2) is 19.2 Å². The van der Waals surface area contributed by atoms with Crippen molar-refractivity contribution >= 4 is 5.65 Å². The number of aromatic nitrogens is 6. The van der Waals surface area contributed by atoms with E-state index in [0.29, 0.717) is 23.2 Å². The standard InChI is InChI=1S/C30H24N6O3/c1-18-24-25(19-9-13-22(37-2)14-10-19)26-28-32-27(20-11-15-23(38-3)16-12-20)34-35(28)17-31-29(26)39-30(24)36(33-18)21-7-5-4-6-8-21/h4-17,25H,1-3H3. The van der Waals surface area contributed by atoms with Gasteiger partial charge in [-0.1, -0.05) is 30.3 Å². The fourth-order valence-corrected chi connectivity index (χ4v) is 5.11. The molecule has 1 unspecified atom stereocenters. The van der Waals surface area contributed by atoms with Crippen LogP contribution >= 0.6 is 0 Å². The summed E-state index contributed by atoms with van der Waals surface area (Å²) in [6.07, 6.45) is 1.64. The molecule has 39 heavy (non-hydrogen) atoms. The quantitative estimate of drug-likeness (QED) is 0.295. The van der Waals surface area contributed by atoms with Crippen LogP contribution in [0.4, 0.5) is 0 Å². The molecule has 0 saturated heterocycles. The van der Waals surface area contributed by atoms with E-state index < -0.39 is 0 Å². The molecule has 0 saturated carbocycles. The fourth-order valence-electron chi connectivity index (χ4n) is 5.11. The molecule has 192 valence electrons. The van der Waals surface area contributed by atoms with Gasteiger partial charge in [0.15, 0.2) is 11.5 Å². The predicted octanol–water partition coefficient (Wildman–Crippen LogP) is 5.59. The van der Waals surface area contributed by atoms with Crippen molar-refractivity contribution in [3.8, 4) is 40.3 Å². The summed E-state index contributed by atoms with van der Waals surface area (Å²) >= 11 is 0. The molecule has 1 aliphatic heterocycles. The summed E-state index contributed by atoms with van der Waals surface area (Å²) in [5.74, 6) is 3.01. The summed E-state index contributed by atoms with van der Waals surface area (Å²) in [5.41, 5.74) is 6.14. The summed E-state index contributed by atoms with van der Waals surface area (Å²) in [6.45, 7) is 2.00. The fraction of sp³-hybridized carbons (Fsp3) is 0.133. The van der Waals surface area contributed by atoms with Gasteiger partial charge in [0.25, 0.3) is 0 Å². The molecule has 1 aliphatic rings. The van der Waals surface area contributed by atoms with E-state index in [4.69, 9.17) is 29.4 Å². The molecule has 9 nitrogen and oxygen atoms in total. The highest BCUT2D eigenvalue weighted by Gasteiger charge is 2.38. The van der Waals surface area contributed by atoms with Crippen LogP contribution in [-0.4, -0.2) is 43.6 Å². The summed E-state index contributed by atoms with van der Waals surface area (Å²) in [7, 11) is 3.31. The lowest BCUT2D eigenvalue weighted by molar-refractivity contribution is 0.402. The number of aryl methyl sites for hydroxylation is 1. The highest BCUT2D eigenvalue weighted by atomic mass is 16.5. The van der Waals surface area contributed by atoms with E-state index in [-0.39, 0.29) is 5.92 Å². The lowest BCUT2D eigenvalue weighted by atomic mass is 9.84. The van der Waals surface area contributed by atoms with Crippen molar-refractivity contribution in [2.24, 2.45) is 0 Å². The van der Waals surface area contributed by atoms with E-state index in [1.807, 2.05) is 78.3 Å². The van der Waals surface area contributed by atoms with Crippen LogP contribution in [0.2, 0.25) is 0 Å². The number of rotatable bonds is 5. The molecule has 7 rings (SSSR count). The van der Waals surface area contributed by atoms with Gasteiger partial charge in [-0.3, -0.25) is 0 Å². The molecule has 0 bridgehead atoms. The SMILES string of the molecule is COc1ccc(-c2nc3c4c(ncn3n2)Oc2c(c(C)nn2-c2ccccc2)C4c2ccc(OC)cc2)cc1. The van der Waals surface area contributed by atoms with Gasteiger partial charge in [-0.15, -0.1) is 5.10 Å². The van der Waals surface area contributed by atoms with Crippen molar-refractivity contribution in [3.63, 3.8) is 0 Å². The first-order chi connectivity index (χ1) is 19.1. The highest BCUT2D eigenvalue weighted by Crippen LogP contribution is 2.49. The molecule has 0 spiro atoms. The van der Waals surface area contributed by atoms with E-state index in [9.17, 15) is 0 Å². The van der Waals surface area contributed by atoms with Gasteiger partial charge in [-0.2, -0.15) is 5.10 Å². The third-order valence-corrected chi connectivity index (χ3v) is 7.02. The number of methoxy groups -OCH3 is 2. The Bertz CT molecular complexity index is 1810. The smallest absolute Gasteiger partial charge is 0.230 e. The summed E-state index contributed by atoms with van der Waals surface area (Å²) < 4.78 is 20.8. The normalized spacial score (nSPS) is 14.0.